The van der Waals surface area contributed by atoms with E-state index in [4.69, 9.17) is 0 Å². The van der Waals surface area contributed by atoms with Gasteiger partial charge in [-0.2, -0.15) is 0 Å². The minimum atomic E-state index is 0.0114. The lowest BCUT2D eigenvalue weighted by atomic mass is 9.97. The Morgan fingerprint density at radius 3 is 2.85 bits per heavy atom. The van der Waals surface area contributed by atoms with Crippen LogP contribution in [0.2, 0.25) is 0 Å². The van der Waals surface area contributed by atoms with Gasteiger partial charge in [0, 0.05) is 12.1 Å². The van der Waals surface area contributed by atoms with E-state index in [0.717, 1.165) is 35.7 Å². The molecule has 1 aliphatic heterocycles. The van der Waals surface area contributed by atoms with Gasteiger partial charge in [0.2, 0.25) is 0 Å². The molecule has 20 heavy (non-hydrogen) atoms. The lowest BCUT2D eigenvalue weighted by Crippen LogP contribution is -2.37. The summed E-state index contributed by atoms with van der Waals surface area (Å²) in [7, 11) is 0. The molecule has 0 radical (unpaired) electrons. The Bertz CT molecular complexity index is 480. The number of hydrogen-bond acceptors (Lipinski definition) is 2. The molecule has 2 rings (SSSR count). The van der Waals surface area contributed by atoms with Crippen molar-refractivity contribution in [3.05, 3.63) is 34.9 Å². The highest BCUT2D eigenvalue weighted by atomic mass is 16.1. The standard InChI is InChI=1S/C18H27NO/c1-5-6-16-9-10-19(12-16)15(4)18(20)17-11-13(2)7-8-14(17)3/h7-8,11,15-16H,5-6,9-10,12H2,1-4H3. The van der Waals surface area contributed by atoms with E-state index in [2.05, 4.69) is 30.9 Å². The van der Waals surface area contributed by atoms with Crippen LogP contribution in [0.15, 0.2) is 18.2 Å². The second-order valence-electron chi connectivity index (χ2n) is 6.30. The fourth-order valence-electron chi connectivity index (χ4n) is 3.25. The summed E-state index contributed by atoms with van der Waals surface area (Å²) in [6, 6.07) is 6.17. The molecule has 110 valence electrons. The van der Waals surface area contributed by atoms with Gasteiger partial charge < -0.3 is 0 Å². The molecule has 0 amide bonds. The van der Waals surface area contributed by atoms with Gasteiger partial charge in [0.25, 0.3) is 0 Å². The Balaban J connectivity index is 2.07. The van der Waals surface area contributed by atoms with E-state index in [0.29, 0.717) is 0 Å². The summed E-state index contributed by atoms with van der Waals surface area (Å²) in [4.78, 5) is 15.1. The normalized spacial score (nSPS) is 21.1. The summed E-state index contributed by atoms with van der Waals surface area (Å²) < 4.78 is 0. The number of ketones is 1. The van der Waals surface area contributed by atoms with Crippen LogP contribution in [0.1, 0.15) is 54.6 Å². The maximum atomic E-state index is 12.7. The summed E-state index contributed by atoms with van der Waals surface area (Å²) in [6.07, 6.45) is 3.79. The first-order valence-corrected chi connectivity index (χ1v) is 7.88. The molecular weight excluding hydrogens is 246 g/mol. The third kappa shape index (κ3) is 3.29. The van der Waals surface area contributed by atoms with Crippen LogP contribution in [-0.2, 0) is 0 Å². The Morgan fingerprint density at radius 2 is 2.15 bits per heavy atom. The van der Waals surface area contributed by atoms with E-state index in [1.54, 1.807) is 0 Å². The van der Waals surface area contributed by atoms with Crippen molar-refractivity contribution in [2.24, 2.45) is 5.92 Å². The Labute approximate surface area is 123 Å². The quantitative estimate of drug-likeness (QED) is 0.756. The maximum absolute atomic E-state index is 12.7. The van der Waals surface area contributed by atoms with Crippen molar-refractivity contribution in [2.45, 2.75) is 53.0 Å². The van der Waals surface area contributed by atoms with Crippen LogP contribution in [0.5, 0.6) is 0 Å². The molecule has 0 aromatic heterocycles. The maximum Gasteiger partial charge on any atom is 0.179 e. The Hall–Kier alpha value is -1.15. The zero-order valence-electron chi connectivity index (χ0n) is 13.3. The van der Waals surface area contributed by atoms with Crippen LogP contribution in [-0.4, -0.2) is 29.8 Å². The molecule has 0 N–H and O–H groups in total. The number of rotatable bonds is 5. The first-order valence-electron chi connectivity index (χ1n) is 7.88. The van der Waals surface area contributed by atoms with E-state index in [9.17, 15) is 4.79 Å². The third-order valence-corrected chi connectivity index (χ3v) is 4.60. The smallest absolute Gasteiger partial charge is 0.179 e. The summed E-state index contributed by atoms with van der Waals surface area (Å²) in [5, 5.41) is 0. The van der Waals surface area contributed by atoms with Crippen LogP contribution < -0.4 is 0 Å². The van der Waals surface area contributed by atoms with Crippen molar-refractivity contribution in [3.63, 3.8) is 0 Å². The Kier molecular flexibility index (Phi) is 4.98. The van der Waals surface area contributed by atoms with Crippen molar-refractivity contribution >= 4 is 5.78 Å². The van der Waals surface area contributed by atoms with Gasteiger partial charge in [-0.25, -0.2) is 0 Å². The zero-order valence-corrected chi connectivity index (χ0v) is 13.3. The molecule has 1 aromatic rings. The summed E-state index contributed by atoms with van der Waals surface area (Å²) in [5.74, 6) is 1.07. The molecule has 2 unspecified atom stereocenters. The molecule has 0 aliphatic carbocycles. The topological polar surface area (TPSA) is 20.3 Å². The molecule has 1 aromatic carbocycles. The fraction of sp³-hybridized carbons (Fsp3) is 0.611. The highest BCUT2D eigenvalue weighted by molar-refractivity contribution is 6.01. The number of carbonyl (C=O) groups excluding carboxylic acids is 1. The molecule has 2 atom stereocenters. The van der Waals surface area contributed by atoms with Gasteiger partial charge in [0.05, 0.1) is 6.04 Å². The molecule has 2 nitrogen and oxygen atoms in total. The van der Waals surface area contributed by atoms with E-state index in [1.807, 2.05) is 19.9 Å². The van der Waals surface area contributed by atoms with Crippen molar-refractivity contribution in [1.29, 1.82) is 0 Å². The Morgan fingerprint density at radius 1 is 1.40 bits per heavy atom. The fourth-order valence-corrected chi connectivity index (χ4v) is 3.25. The summed E-state index contributed by atoms with van der Waals surface area (Å²) in [5.41, 5.74) is 3.16. The van der Waals surface area contributed by atoms with Crippen molar-refractivity contribution < 1.29 is 4.79 Å². The number of benzene rings is 1. The molecule has 1 heterocycles. The molecule has 2 heteroatoms. The largest absolute Gasteiger partial charge is 0.293 e. The zero-order chi connectivity index (χ0) is 14.7. The van der Waals surface area contributed by atoms with Crippen molar-refractivity contribution in [3.8, 4) is 0 Å². The first kappa shape index (κ1) is 15.2. The molecule has 1 saturated heterocycles. The molecule has 0 spiro atoms. The van der Waals surface area contributed by atoms with Crippen LogP contribution in [0.3, 0.4) is 0 Å². The highest BCUT2D eigenvalue weighted by Gasteiger charge is 2.29. The van der Waals surface area contributed by atoms with Crippen LogP contribution in [0.4, 0.5) is 0 Å². The van der Waals surface area contributed by atoms with Crippen molar-refractivity contribution in [1.82, 2.24) is 4.90 Å². The lowest BCUT2D eigenvalue weighted by Gasteiger charge is -2.24. The number of aryl methyl sites for hydroxylation is 2. The number of hydrogen-bond donors (Lipinski definition) is 0. The minimum Gasteiger partial charge on any atom is -0.293 e. The highest BCUT2D eigenvalue weighted by Crippen LogP contribution is 2.24. The van der Waals surface area contributed by atoms with E-state index in [1.165, 1.54) is 19.3 Å². The second kappa shape index (κ2) is 6.53. The minimum absolute atomic E-state index is 0.0114. The monoisotopic (exact) mass is 273 g/mol. The van der Waals surface area contributed by atoms with Gasteiger partial charge in [0.1, 0.15) is 0 Å². The van der Waals surface area contributed by atoms with Crippen LogP contribution in [0.25, 0.3) is 0 Å². The first-order chi connectivity index (χ1) is 9.52. The molecular formula is C18H27NO. The summed E-state index contributed by atoms with van der Waals surface area (Å²) >= 11 is 0. The average molecular weight is 273 g/mol. The van der Waals surface area contributed by atoms with Crippen molar-refractivity contribution in [2.75, 3.05) is 13.1 Å². The molecule has 1 fully saturated rings. The predicted octanol–water partition coefficient (Wildman–Crippen LogP) is 4.00. The third-order valence-electron chi connectivity index (χ3n) is 4.60. The number of likely N-dealkylation sites (tertiary alicyclic amines) is 1. The van der Waals surface area contributed by atoms with Gasteiger partial charge in [0.15, 0.2) is 5.78 Å². The van der Waals surface area contributed by atoms with Crippen LogP contribution in [0, 0.1) is 19.8 Å². The van der Waals surface area contributed by atoms with E-state index in [-0.39, 0.29) is 11.8 Å². The van der Waals surface area contributed by atoms with Gasteiger partial charge >= 0.3 is 0 Å². The molecule has 0 saturated carbocycles. The van der Waals surface area contributed by atoms with Gasteiger partial charge in [-0.1, -0.05) is 31.0 Å². The van der Waals surface area contributed by atoms with E-state index >= 15 is 0 Å². The van der Waals surface area contributed by atoms with Gasteiger partial charge in [-0.05, 0) is 57.7 Å². The number of Topliss-reactive ketones (excluding diaryl/α,β-unsaturated/α-hetero) is 1. The number of nitrogens with zero attached hydrogens (tertiary/aromatic N) is 1. The lowest BCUT2D eigenvalue weighted by molar-refractivity contribution is 0.0861. The average Bonchev–Trinajstić information content (AvgIpc) is 2.89. The van der Waals surface area contributed by atoms with Gasteiger partial charge in [-0.3, -0.25) is 9.69 Å². The van der Waals surface area contributed by atoms with Gasteiger partial charge in [-0.15, -0.1) is 0 Å². The summed E-state index contributed by atoms with van der Waals surface area (Å²) in [6.45, 7) is 10.6. The SMILES string of the molecule is CCCC1CCN(C(C)C(=O)c2cc(C)ccc2C)C1. The number of carbonyl (C=O) groups is 1. The molecule has 1 aliphatic rings. The van der Waals surface area contributed by atoms with Crippen LogP contribution >= 0.6 is 0 Å². The molecule has 0 bridgehead atoms. The predicted molar refractivity (Wildman–Crippen MR) is 84.3 cm³/mol. The van der Waals surface area contributed by atoms with E-state index < -0.39 is 0 Å². The second-order valence-corrected chi connectivity index (χ2v) is 6.30.